The van der Waals surface area contributed by atoms with Crippen molar-refractivity contribution < 1.29 is 23.1 Å². The summed E-state index contributed by atoms with van der Waals surface area (Å²) in [6.45, 7) is 3.95. The maximum Gasteiger partial charge on any atom is 0.312 e. The van der Waals surface area contributed by atoms with Crippen LogP contribution in [-0.4, -0.2) is 36.1 Å². The molecule has 0 spiro atoms. The van der Waals surface area contributed by atoms with Crippen LogP contribution in [0.3, 0.4) is 0 Å². The van der Waals surface area contributed by atoms with Crippen molar-refractivity contribution in [3.8, 4) is 0 Å². The molecule has 130 valence electrons. The van der Waals surface area contributed by atoms with Crippen molar-refractivity contribution in [2.24, 2.45) is 0 Å². The highest BCUT2D eigenvalue weighted by Gasteiger charge is 2.36. The molecule has 1 atom stereocenters. The lowest BCUT2D eigenvalue weighted by atomic mass is 10.0. The van der Waals surface area contributed by atoms with E-state index in [1.807, 2.05) is 0 Å². The molecule has 1 aliphatic rings. The Kier molecular flexibility index (Phi) is 4.12. The van der Waals surface area contributed by atoms with E-state index in [-0.39, 0.29) is 10.6 Å². The Morgan fingerprint density at radius 2 is 1.92 bits per heavy atom. The fourth-order valence-corrected chi connectivity index (χ4v) is 4.04. The molecule has 2 aromatic rings. The van der Waals surface area contributed by atoms with Gasteiger partial charge in [-0.1, -0.05) is 36.9 Å². The number of aliphatic carboxylic acids is 1. The average molecular weight is 359 g/mol. The SMILES string of the molecule is C=Cc1ccc(C(=O)c2c(S(C)(=O)=O)cc3n2CCC3C(=O)O)cc1. The molecule has 25 heavy (non-hydrogen) atoms. The van der Waals surface area contributed by atoms with E-state index in [4.69, 9.17) is 0 Å². The van der Waals surface area contributed by atoms with Gasteiger partial charge in [0.1, 0.15) is 5.69 Å². The van der Waals surface area contributed by atoms with Gasteiger partial charge >= 0.3 is 5.97 Å². The van der Waals surface area contributed by atoms with E-state index in [2.05, 4.69) is 6.58 Å². The summed E-state index contributed by atoms with van der Waals surface area (Å²) in [4.78, 5) is 24.2. The minimum absolute atomic E-state index is 0.0348. The topological polar surface area (TPSA) is 93.4 Å². The molecule has 0 saturated heterocycles. The molecule has 1 unspecified atom stereocenters. The van der Waals surface area contributed by atoms with Crippen molar-refractivity contribution >= 4 is 27.7 Å². The molecule has 0 bridgehead atoms. The van der Waals surface area contributed by atoms with Gasteiger partial charge in [-0.05, 0) is 18.1 Å². The van der Waals surface area contributed by atoms with Gasteiger partial charge < -0.3 is 9.67 Å². The number of nitrogens with zero attached hydrogens (tertiary/aromatic N) is 1. The molecule has 7 heteroatoms. The molecule has 1 aliphatic heterocycles. The third kappa shape index (κ3) is 2.91. The summed E-state index contributed by atoms with van der Waals surface area (Å²) < 4.78 is 25.8. The zero-order chi connectivity index (χ0) is 18.4. The number of carbonyl (C=O) groups is 2. The van der Waals surface area contributed by atoms with Crippen LogP contribution in [0.5, 0.6) is 0 Å². The Bertz CT molecular complexity index is 983. The molecule has 1 aromatic carbocycles. The van der Waals surface area contributed by atoms with Gasteiger partial charge in [0.25, 0.3) is 0 Å². The van der Waals surface area contributed by atoms with Gasteiger partial charge in [-0.15, -0.1) is 0 Å². The predicted molar refractivity (Wildman–Crippen MR) is 92.5 cm³/mol. The molecular weight excluding hydrogens is 342 g/mol. The number of carboxylic acids is 1. The number of benzene rings is 1. The third-order valence-corrected chi connectivity index (χ3v) is 5.52. The number of carbonyl (C=O) groups excluding carboxylic acids is 1. The zero-order valence-corrected chi connectivity index (χ0v) is 14.4. The summed E-state index contributed by atoms with van der Waals surface area (Å²) in [6.07, 6.45) is 3.00. The Morgan fingerprint density at radius 3 is 2.44 bits per heavy atom. The highest BCUT2D eigenvalue weighted by atomic mass is 32.2. The molecule has 2 heterocycles. The molecule has 0 radical (unpaired) electrons. The first-order chi connectivity index (χ1) is 11.7. The Morgan fingerprint density at radius 1 is 1.28 bits per heavy atom. The normalized spacial score (nSPS) is 16.4. The quantitative estimate of drug-likeness (QED) is 0.827. The first-order valence-corrected chi connectivity index (χ1v) is 9.56. The van der Waals surface area contributed by atoms with Gasteiger partial charge in [-0.3, -0.25) is 9.59 Å². The second-order valence-corrected chi connectivity index (χ2v) is 8.02. The Balaban J connectivity index is 2.17. The van der Waals surface area contributed by atoms with Crippen molar-refractivity contribution in [3.05, 3.63) is 59.4 Å². The summed E-state index contributed by atoms with van der Waals surface area (Å²) in [5.74, 6) is -2.26. The second kappa shape index (κ2) is 6.00. The van der Waals surface area contributed by atoms with Crippen LogP contribution in [-0.2, 0) is 21.2 Å². The molecule has 1 N–H and O–H groups in total. The largest absolute Gasteiger partial charge is 0.481 e. The van der Waals surface area contributed by atoms with Crippen molar-refractivity contribution in [2.45, 2.75) is 23.8 Å². The molecular formula is C18H17NO5S. The van der Waals surface area contributed by atoms with Gasteiger partial charge in [-0.25, -0.2) is 8.42 Å². The fourth-order valence-electron chi connectivity index (χ4n) is 3.15. The predicted octanol–water partition coefficient (Wildman–Crippen LogP) is 2.34. The van der Waals surface area contributed by atoms with Crippen LogP contribution < -0.4 is 0 Å². The first-order valence-electron chi connectivity index (χ1n) is 7.67. The van der Waals surface area contributed by atoms with E-state index >= 15 is 0 Å². The van der Waals surface area contributed by atoms with Gasteiger partial charge in [0.2, 0.25) is 5.78 Å². The van der Waals surface area contributed by atoms with E-state index in [0.717, 1.165) is 11.8 Å². The molecule has 1 aromatic heterocycles. The van der Waals surface area contributed by atoms with E-state index in [1.165, 1.54) is 10.6 Å². The molecule has 0 saturated carbocycles. The minimum Gasteiger partial charge on any atom is -0.481 e. The van der Waals surface area contributed by atoms with E-state index in [1.54, 1.807) is 30.3 Å². The van der Waals surface area contributed by atoms with Crippen LogP contribution in [0.2, 0.25) is 0 Å². The van der Waals surface area contributed by atoms with Crippen molar-refractivity contribution in [1.29, 1.82) is 0 Å². The highest BCUT2D eigenvalue weighted by molar-refractivity contribution is 7.90. The number of aromatic nitrogens is 1. The minimum atomic E-state index is -3.68. The van der Waals surface area contributed by atoms with Gasteiger partial charge in [0, 0.05) is 24.1 Å². The smallest absolute Gasteiger partial charge is 0.312 e. The van der Waals surface area contributed by atoms with Crippen molar-refractivity contribution in [2.75, 3.05) is 6.26 Å². The van der Waals surface area contributed by atoms with Crippen LogP contribution in [0.15, 0.2) is 41.8 Å². The summed E-state index contributed by atoms with van der Waals surface area (Å²) in [5.41, 5.74) is 1.58. The maximum atomic E-state index is 13.0. The highest BCUT2D eigenvalue weighted by Crippen LogP contribution is 2.35. The second-order valence-electron chi connectivity index (χ2n) is 6.04. The number of hydrogen-bond acceptors (Lipinski definition) is 4. The molecule has 3 rings (SSSR count). The lowest BCUT2D eigenvalue weighted by Crippen LogP contribution is -2.13. The number of fused-ring (bicyclic) bond motifs is 1. The Labute approximate surface area is 145 Å². The van der Waals surface area contributed by atoms with Gasteiger partial charge in [0.15, 0.2) is 9.84 Å². The lowest BCUT2D eigenvalue weighted by Gasteiger charge is -2.08. The number of rotatable bonds is 5. The number of carboxylic acid groups (broad SMARTS) is 1. The Hall–Kier alpha value is -2.67. The lowest BCUT2D eigenvalue weighted by molar-refractivity contribution is -0.138. The van der Waals surface area contributed by atoms with Gasteiger partial charge in [0.05, 0.1) is 10.8 Å². The third-order valence-electron chi connectivity index (χ3n) is 4.41. The number of hydrogen-bond donors (Lipinski definition) is 1. The maximum absolute atomic E-state index is 13.0. The van der Waals surface area contributed by atoms with Crippen LogP contribution in [0.25, 0.3) is 6.08 Å². The summed E-state index contributed by atoms with van der Waals surface area (Å²) >= 11 is 0. The molecule has 6 nitrogen and oxygen atoms in total. The number of ketones is 1. The summed E-state index contributed by atoms with van der Waals surface area (Å²) in [5, 5.41) is 9.32. The van der Waals surface area contributed by atoms with Crippen molar-refractivity contribution in [1.82, 2.24) is 4.57 Å². The molecule has 0 fully saturated rings. The van der Waals surface area contributed by atoms with Crippen LogP contribution in [0, 0.1) is 0 Å². The average Bonchev–Trinajstić information content (AvgIpc) is 3.12. The van der Waals surface area contributed by atoms with Crippen LogP contribution in [0.1, 0.15) is 39.6 Å². The molecule has 0 amide bonds. The first kappa shape index (κ1) is 17.2. The zero-order valence-electron chi connectivity index (χ0n) is 13.6. The van der Waals surface area contributed by atoms with Crippen molar-refractivity contribution in [3.63, 3.8) is 0 Å². The van der Waals surface area contributed by atoms with E-state index in [0.29, 0.717) is 24.2 Å². The molecule has 0 aliphatic carbocycles. The monoisotopic (exact) mass is 359 g/mol. The van der Waals surface area contributed by atoms with Gasteiger partial charge in [-0.2, -0.15) is 0 Å². The fraction of sp³-hybridized carbons (Fsp3) is 0.222. The van der Waals surface area contributed by atoms with E-state index < -0.39 is 27.5 Å². The van der Waals surface area contributed by atoms with Crippen LogP contribution in [0.4, 0.5) is 0 Å². The summed E-state index contributed by atoms with van der Waals surface area (Å²) in [7, 11) is -3.68. The number of sulfone groups is 1. The van der Waals surface area contributed by atoms with E-state index in [9.17, 15) is 23.1 Å². The van der Waals surface area contributed by atoms with Crippen LogP contribution >= 0.6 is 0 Å². The standard InChI is InChI=1S/C18H17NO5S/c1-3-11-4-6-12(7-5-11)17(20)16-15(25(2,23)24)10-14-13(18(21)22)8-9-19(14)16/h3-7,10,13H,1,8-9H2,2H3,(H,21,22). The summed E-state index contributed by atoms with van der Waals surface area (Å²) in [6, 6.07) is 7.97.